The van der Waals surface area contributed by atoms with E-state index in [1.54, 1.807) is 4.90 Å². The Morgan fingerprint density at radius 2 is 1.73 bits per heavy atom. The number of nitrogens with zero attached hydrogens (tertiary/aromatic N) is 1. The molecule has 0 spiro atoms. The summed E-state index contributed by atoms with van der Waals surface area (Å²) in [4.78, 5) is 26.4. The lowest BCUT2D eigenvalue weighted by molar-refractivity contribution is -0.127. The molecule has 1 atom stereocenters. The fourth-order valence-electron chi connectivity index (χ4n) is 3.48. The molecule has 1 aliphatic carbocycles. The molecule has 1 N–H and O–H groups in total. The molecule has 1 aromatic rings. The number of anilines is 1. The van der Waals surface area contributed by atoms with Crippen LogP contribution < -0.4 is 10.2 Å². The molecule has 1 saturated heterocycles. The van der Waals surface area contributed by atoms with Crippen LogP contribution in [-0.2, 0) is 9.59 Å². The van der Waals surface area contributed by atoms with Gasteiger partial charge in [-0.2, -0.15) is 0 Å². The molecule has 3 rings (SSSR count). The minimum atomic E-state index is -0.212. The van der Waals surface area contributed by atoms with Gasteiger partial charge in [-0.3, -0.25) is 9.59 Å². The quantitative estimate of drug-likeness (QED) is 0.873. The van der Waals surface area contributed by atoms with E-state index in [4.69, 9.17) is 0 Å². The Kier molecular flexibility index (Phi) is 4.76. The van der Waals surface area contributed by atoms with Gasteiger partial charge in [-0.1, -0.05) is 43.9 Å². The lowest BCUT2D eigenvalue weighted by atomic mass is 10.0. The van der Waals surface area contributed by atoms with Gasteiger partial charge in [0.05, 0.1) is 5.92 Å². The second-order valence-corrected chi connectivity index (χ2v) is 6.44. The van der Waals surface area contributed by atoms with Gasteiger partial charge in [0.1, 0.15) is 0 Å². The number of amides is 2. The van der Waals surface area contributed by atoms with Crippen molar-refractivity contribution in [2.45, 2.75) is 51.0 Å². The fourth-order valence-corrected chi connectivity index (χ4v) is 3.48. The Balaban J connectivity index is 1.59. The minimum absolute atomic E-state index is 0.0483. The molecule has 1 aliphatic heterocycles. The summed E-state index contributed by atoms with van der Waals surface area (Å²) in [7, 11) is 0. The zero-order valence-corrected chi connectivity index (χ0v) is 13.0. The van der Waals surface area contributed by atoms with Crippen molar-refractivity contribution in [3.8, 4) is 0 Å². The van der Waals surface area contributed by atoms with Crippen LogP contribution >= 0.6 is 0 Å². The highest BCUT2D eigenvalue weighted by atomic mass is 16.2. The summed E-state index contributed by atoms with van der Waals surface area (Å²) in [5.41, 5.74) is 0.886. The van der Waals surface area contributed by atoms with E-state index in [2.05, 4.69) is 5.32 Å². The first kappa shape index (κ1) is 15.1. The zero-order valence-electron chi connectivity index (χ0n) is 13.0. The molecule has 0 aromatic heterocycles. The van der Waals surface area contributed by atoms with Gasteiger partial charge < -0.3 is 10.2 Å². The van der Waals surface area contributed by atoms with E-state index >= 15 is 0 Å². The van der Waals surface area contributed by atoms with Crippen molar-refractivity contribution < 1.29 is 9.59 Å². The molecular formula is C18H24N2O2. The number of para-hydroxylation sites is 1. The van der Waals surface area contributed by atoms with Gasteiger partial charge in [-0.25, -0.2) is 0 Å². The molecule has 0 unspecified atom stereocenters. The van der Waals surface area contributed by atoms with Crippen LogP contribution in [0, 0.1) is 5.92 Å². The summed E-state index contributed by atoms with van der Waals surface area (Å²) in [6, 6.07) is 9.91. The third-order valence-electron chi connectivity index (χ3n) is 4.77. The Hall–Kier alpha value is -1.84. The van der Waals surface area contributed by atoms with Gasteiger partial charge in [0.15, 0.2) is 0 Å². The van der Waals surface area contributed by atoms with Gasteiger partial charge in [-0.05, 0) is 25.0 Å². The number of carbonyl (C=O) groups excluding carboxylic acids is 2. The van der Waals surface area contributed by atoms with Crippen LogP contribution in [0.3, 0.4) is 0 Å². The van der Waals surface area contributed by atoms with E-state index in [1.807, 2.05) is 30.3 Å². The van der Waals surface area contributed by atoms with Crippen molar-refractivity contribution in [3.05, 3.63) is 30.3 Å². The zero-order chi connectivity index (χ0) is 15.4. The maximum Gasteiger partial charge on any atom is 0.227 e. The third kappa shape index (κ3) is 3.49. The largest absolute Gasteiger partial charge is 0.353 e. The highest BCUT2D eigenvalue weighted by molar-refractivity contribution is 6.00. The molecule has 4 heteroatoms. The first-order valence-electron chi connectivity index (χ1n) is 8.40. The predicted molar refractivity (Wildman–Crippen MR) is 86.5 cm³/mol. The molecule has 0 radical (unpaired) electrons. The number of nitrogens with one attached hydrogen (secondary N) is 1. The number of benzene rings is 1. The summed E-state index contributed by atoms with van der Waals surface area (Å²) in [6.45, 7) is 0.501. The smallest absolute Gasteiger partial charge is 0.227 e. The van der Waals surface area contributed by atoms with Crippen molar-refractivity contribution in [3.63, 3.8) is 0 Å². The highest BCUT2D eigenvalue weighted by Crippen LogP contribution is 2.25. The average Bonchev–Trinajstić information content (AvgIpc) is 2.75. The first-order valence-corrected chi connectivity index (χ1v) is 8.40. The van der Waals surface area contributed by atoms with Crippen LogP contribution in [0.25, 0.3) is 0 Å². The Morgan fingerprint density at radius 3 is 2.41 bits per heavy atom. The Morgan fingerprint density at radius 1 is 1.05 bits per heavy atom. The standard InChI is InChI=1S/C18H24N2O2/c21-17-12-14(13-20(17)16-10-6-3-7-11-16)18(22)19-15-8-4-1-2-5-9-15/h3,6-7,10-11,14-15H,1-2,4-5,8-9,12-13H2,(H,19,22)/t14-/m0/s1. The molecule has 2 fully saturated rings. The van der Waals surface area contributed by atoms with E-state index in [0.717, 1.165) is 18.5 Å². The van der Waals surface area contributed by atoms with E-state index in [-0.39, 0.29) is 17.7 Å². The van der Waals surface area contributed by atoms with Crippen LogP contribution in [0.5, 0.6) is 0 Å². The summed E-state index contributed by atoms with van der Waals surface area (Å²) in [5, 5.41) is 3.18. The molecular weight excluding hydrogens is 276 g/mol. The van der Waals surface area contributed by atoms with E-state index < -0.39 is 0 Å². The lowest BCUT2D eigenvalue weighted by Crippen LogP contribution is -2.39. The molecule has 22 heavy (non-hydrogen) atoms. The Labute approximate surface area is 131 Å². The number of carbonyl (C=O) groups is 2. The second kappa shape index (κ2) is 6.95. The van der Waals surface area contributed by atoms with Crippen LogP contribution in [0.1, 0.15) is 44.9 Å². The van der Waals surface area contributed by atoms with E-state index in [9.17, 15) is 9.59 Å². The first-order chi connectivity index (χ1) is 10.7. The maximum absolute atomic E-state index is 12.5. The van der Waals surface area contributed by atoms with Crippen LogP contribution in [0.2, 0.25) is 0 Å². The molecule has 4 nitrogen and oxygen atoms in total. The van der Waals surface area contributed by atoms with E-state index in [1.165, 1.54) is 25.7 Å². The van der Waals surface area contributed by atoms with Crippen molar-refractivity contribution in [1.29, 1.82) is 0 Å². The number of rotatable bonds is 3. The van der Waals surface area contributed by atoms with Gasteiger partial charge in [0, 0.05) is 24.7 Å². The van der Waals surface area contributed by atoms with Crippen molar-refractivity contribution >= 4 is 17.5 Å². The molecule has 2 aliphatic rings. The highest BCUT2D eigenvalue weighted by Gasteiger charge is 2.35. The summed E-state index contributed by atoms with van der Waals surface area (Å²) in [5.74, 6) is -0.109. The number of hydrogen-bond donors (Lipinski definition) is 1. The second-order valence-electron chi connectivity index (χ2n) is 6.44. The third-order valence-corrected chi connectivity index (χ3v) is 4.77. The van der Waals surface area contributed by atoms with Crippen LogP contribution in [0.4, 0.5) is 5.69 Å². The SMILES string of the molecule is O=C(NC1CCCCCC1)[C@H]1CC(=O)N(c2ccccc2)C1. The normalized spacial score (nSPS) is 23.4. The maximum atomic E-state index is 12.5. The summed E-state index contributed by atoms with van der Waals surface area (Å²) >= 11 is 0. The monoisotopic (exact) mass is 300 g/mol. The van der Waals surface area contributed by atoms with Crippen molar-refractivity contribution in [1.82, 2.24) is 5.32 Å². The minimum Gasteiger partial charge on any atom is -0.353 e. The Bertz CT molecular complexity index is 521. The van der Waals surface area contributed by atoms with E-state index in [0.29, 0.717) is 19.0 Å². The fraction of sp³-hybridized carbons (Fsp3) is 0.556. The number of hydrogen-bond acceptors (Lipinski definition) is 2. The van der Waals surface area contributed by atoms with Gasteiger partial charge in [0.2, 0.25) is 11.8 Å². The molecule has 1 heterocycles. The summed E-state index contributed by atoms with van der Waals surface area (Å²) < 4.78 is 0. The lowest BCUT2D eigenvalue weighted by Gasteiger charge is -2.19. The molecule has 1 saturated carbocycles. The molecule has 1 aromatic carbocycles. The molecule has 118 valence electrons. The molecule has 0 bridgehead atoms. The average molecular weight is 300 g/mol. The topological polar surface area (TPSA) is 49.4 Å². The van der Waals surface area contributed by atoms with Crippen LogP contribution in [-0.4, -0.2) is 24.4 Å². The predicted octanol–water partition coefficient (Wildman–Crippen LogP) is 2.88. The summed E-state index contributed by atoms with van der Waals surface area (Å²) in [6.07, 6.45) is 7.43. The van der Waals surface area contributed by atoms with Gasteiger partial charge >= 0.3 is 0 Å². The van der Waals surface area contributed by atoms with Crippen LogP contribution in [0.15, 0.2) is 30.3 Å². The van der Waals surface area contributed by atoms with Crippen molar-refractivity contribution in [2.75, 3.05) is 11.4 Å². The van der Waals surface area contributed by atoms with Gasteiger partial charge in [0.25, 0.3) is 0 Å². The van der Waals surface area contributed by atoms with Crippen molar-refractivity contribution in [2.24, 2.45) is 5.92 Å². The molecule has 2 amide bonds. The van der Waals surface area contributed by atoms with Gasteiger partial charge in [-0.15, -0.1) is 0 Å².